The highest BCUT2D eigenvalue weighted by molar-refractivity contribution is 5.55. The number of nitriles is 1. The van der Waals surface area contributed by atoms with Crippen molar-refractivity contribution >= 4 is 5.82 Å². The van der Waals surface area contributed by atoms with E-state index >= 15 is 0 Å². The van der Waals surface area contributed by atoms with E-state index in [0.717, 1.165) is 44.0 Å². The quantitative estimate of drug-likeness (QED) is 0.771. The number of hydrogen-bond donors (Lipinski definition) is 0. The Morgan fingerprint density at radius 2 is 2.19 bits per heavy atom. The maximum absolute atomic E-state index is 9.54. The molecular formula is C21H29N5. The van der Waals surface area contributed by atoms with Crippen molar-refractivity contribution < 1.29 is 0 Å². The van der Waals surface area contributed by atoms with Crippen LogP contribution in [0.15, 0.2) is 24.5 Å². The average Bonchev–Trinajstić information content (AvgIpc) is 3.14. The Morgan fingerprint density at radius 1 is 1.35 bits per heavy atom. The molecule has 1 saturated heterocycles. The van der Waals surface area contributed by atoms with E-state index < -0.39 is 0 Å². The lowest BCUT2D eigenvalue weighted by Crippen LogP contribution is -2.36. The molecule has 2 aromatic rings. The number of pyridine rings is 1. The number of imidazole rings is 1. The topological polar surface area (TPSA) is 57.7 Å². The highest BCUT2D eigenvalue weighted by Gasteiger charge is 2.27. The van der Waals surface area contributed by atoms with E-state index in [0.29, 0.717) is 17.4 Å². The van der Waals surface area contributed by atoms with Crippen LogP contribution >= 0.6 is 0 Å². The molecule has 1 unspecified atom stereocenters. The molecule has 1 aliphatic rings. The molecule has 0 saturated carbocycles. The van der Waals surface area contributed by atoms with Crippen LogP contribution in [0.2, 0.25) is 0 Å². The van der Waals surface area contributed by atoms with Crippen LogP contribution in [0.25, 0.3) is 0 Å². The van der Waals surface area contributed by atoms with E-state index in [2.05, 4.69) is 47.5 Å². The summed E-state index contributed by atoms with van der Waals surface area (Å²) >= 11 is 0. The van der Waals surface area contributed by atoms with Crippen molar-refractivity contribution in [3.05, 3.63) is 41.6 Å². The first-order chi connectivity index (χ1) is 12.6. The summed E-state index contributed by atoms with van der Waals surface area (Å²) in [6, 6.07) is 6.22. The van der Waals surface area contributed by atoms with Gasteiger partial charge in [0.1, 0.15) is 17.7 Å². The molecular weight excluding hydrogens is 322 g/mol. The van der Waals surface area contributed by atoms with Gasteiger partial charge in [-0.05, 0) is 37.3 Å². The third-order valence-electron chi connectivity index (χ3n) is 5.19. The van der Waals surface area contributed by atoms with Crippen LogP contribution in [0.3, 0.4) is 0 Å². The first kappa shape index (κ1) is 18.4. The number of nitrogens with zero attached hydrogens (tertiary/aromatic N) is 5. The molecule has 0 spiro atoms. The molecule has 138 valence electrons. The van der Waals surface area contributed by atoms with Crippen LogP contribution < -0.4 is 4.90 Å². The van der Waals surface area contributed by atoms with Crippen molar-refractivity contribution in [2.75, 3.05) is 18.0 Å². The van der Waals surface area contributed by atoms with Gasteiger partial charge in [-0.1, -0.05) is 27.2 Å². The molecule has 0 aliphatic carbocycles. The SMILES string of the molecule is CCCCn1ccnc1C1CCCN(c2nc(C(C)C)ccc2C#N)C1. The van der Waals surface area contributed by atoms with E-state index in [4.69, 9.17) is 4.98 Å². The molecule has 26 heavy (non-hydrogen) atoms. The van der Waals surface area contributed by atoms with Gasteiger partial charge in [-0.3, -0.25) is 0 Å². The fourth-order valence-electron chi connectivity index (χ4n) is 3.69. The molecule has 3 heterocycles. The van der Waals surface area contributed by atoms with Crippen molar-refractivity contribution in [2.24, 2.45) is 0 Å². The van der Waals surface area contributed by atoms with Gasteiger partial charge in [-0.2, -0.15) is 5.26 Å². The summed E-state index contributed by atoms with van der Waals surface area (Å²) in [5.74, 6) is 2.78. The van der Waals surface area contributed by atoms with Crippen LogP contribution in [-0.2, 0) is 6.54 Å². The summed E-state index contributed by atoms with van der Waals surface area (Å²) in [6.07, 6.45) is 8.63. The van der Waals surface area contributed by atoms with E-state index in [1.165, 1.54) is 18.7 Å². The summed E-state index contributed by atoms with van der Waals surface area (Å²) < 4.78 is 2.31. The maximum atomic E-state index is 9.54. The summed E-state index contributed by atoms with van der Waals surface area (Å²) in [7, 11) is 0. The molecule has 1 atom stereocenters. The third kappa shape index (κ3) is 3.90. The first-order valence-electron chi connectivity index (χ1n) is 9.81. The zero-order valence-corrected chi connectivity index (χ0v) is 16.1. The fourth-order valence-corrected chi connectivity index (χ4v) is 3.69. The summed E-state index contributed by atoms with van der Waals surface area (Å²) in [6.45, 7) is 9.37. The van der Waals surface area contributed by atoms with Gasteiger partial charge in [-0.15, -0.1) is 0 Å². The minimum absolute atomic E-state index is 0.357. The molecule has 0 radical (unpaired) electrons. The molecule has 5 nitrogen and oxygen atoms in total. The van der Waals surface area contributed by atoms with Gasteiger partial charge in [0.05, 0.1) is 5.56 Å². The number of aromatic nitrogens is 3. The highest BCUT2D eigenvalue weighted by atomic mass is 15.2. The number of aryl methyl sites for hydroxylation is 1. The van der Waals surface area contributed by atoms with E-state index in [1.807, 2.05) is 18.3 Å². The number of piperidine rings is 1. The largest absolute Gasteiger partial charge is 0.355 e. The predicted molar refractivity (Wildman–Crippen MR) is 104 cm³/mol. The van der Waals surface area contributed by atoms with Crippen LogP contribution in [0, 0.1) is 11.3 Å². The highest BCUT2D eigenvalue weighted by Crippen LogP contribution is 2.31. The Labute approximate surface area is 156 Å². The number of rotatable bonds is 6. The zero-order valence-electron chi connectivity index (χ0n) is 16.1. The molecule has 3 rings (SSSR count). The second kappa shape index (κ2) is 8.35. The minimum atomic E-state index is 0.357. The van der Waals surface area contributed by atoms with E-state index in [9.17, 15) is 5.26 Å². The van der Waals surface area contributed by atoms with Crippen molar-refractivity contribution in [1.29, 1.82) is 5.26 Å². The van der Waals surface area contributed by atoms with Crippen molar-refractivity contribution in [2.45, 2.75) is 64.8 Å². The number of hydrogen-bond acceptors (Lipinski definition) is 4. The summed E-state index contributed by atoms with van der Waals surface area (Å²) in [5, 5.41) is 9.54. The lowest BCUT2D eigenvalue weighted by Gasteiger charge is -2.34. The lowest BCUT2D eigenvalue weighted by atomic mass is 9.96. The van der Waals surface area contributed by atoms with Gasteiger partial charge in [0.25, 0.3) is 0 Å². The van der Waals surface area contributed by atoms with Gasteiger partial charge in [0.2, 0.25) is 0 Å². The Balaban J connectivity index is 1.84. The molecule has 1 aliphatic heterocycles. The Hall–Kier alpha value is -2.35. The van der Waals surface area contributed by atoms with Gasteiger partial charge < -0.3 is 9.47 Å². The molecule has 0 bridgehead atoms. The normalized spacial score (nSPS) is 17.5. The van der Waals surface area contributed by atoms with E-state index in [-0.39, 0.29) is 0 Å². The van der Waals surface area contributed by atoms with Crippen LogP contribution in [0.1, 0.15) is 75.4 Å². The molecule has 5 heteroatoms. The van der Waals surface area contributed by atoms with Crippen molar-refractivity contribution in [3.8, 4) is 6.07 Å². The predicted octanol–water partition coefficient (Wildman–Crippen LogP) is 4.46. The minimum Gasteiger partial charge on any atom is -0.355 e. The summed E-state index contributed by atoms with van der Waals surface area (Å²) in [4.78, 5) is 11.8. The van der Waals surface area contributed by atoms with E-state index in [1.54, 1.807) is 0 Å². The molecule has 1 fully saturated rings. The first-order valence-corrected chi connectivity index (χ1v) is 9.81. The number of unbranched alkanes of at least 4 members (excludes halogenated alkanes) is 1. The second-order valence-corrected chi connectivity index (χ2v) is 7.49. The molecule has 0 aromatic carbocycles. The standard InChI is InChI=1S/C21H29N5/c1-4-5-11-25-13-10-23-20(25)18-7-6-12-26(15-18)21-17(14-22)8-9-19(24-21)16(2)3/h8-10,13,16,18H,4-7,11-12,15H2,1-3H3. The maximum Gasteiger partial charge on any atom is 0.146 e. The Morgan fingerprint density at radius 3 is 2.92 bits per heavy atom. The number of anilines is 1. The van der Waals surface area contributed by atoms with Crippen molar-refractivity contribution in [3.63, 3.8) is 0 Å². The van der Waals surface area contributed by atoms with Gasteiger partial charge in [-0.25, -0.2) is 9.97 Å². The zero-order chi connectivity index (χ0) is 18.5. The van der Waals surface area contributed by atoms with Gasteiger partial charge >= 0.3 is 0 Å². The van der Waals surface area contributed by atoms with Crippen LogP contribution in [0.5, 0.6) is 0 Å². The average molecular weight is 351 g/mol. The molecule has 2 aromatic heterocycles. The van der Waals surface area contributed by atoms with Crippen LogP contribution in [-0.4, -0.2) is 27.6 Å². The third-order valence-corrected chi connectivity index (χ3v) is 5.19. The monoisotopic (exact) mass is 351 g/mol. The summed E-state index contributed by atoms with van der Waals surface area (Å²) in [5.41, 5.74) is 1.72. The van der Waals surface area contributed by atoms with Crippen molar-refractivity contribution in [1.82, 2.24) is 14.5 Å². The smallest absolute Gasteiger partial charge is 0.146 e. The van der Waals surface area contributed by atoms with Gasteiger partial charge in [0, 0.05) is 43.6 Å². The Bertz CT molecular complexity index is 771. The second-order valence-electron chi connectivity index (χ2n) is 7.49. The fraction of sp³-hybridized carbons (Fsp3) is 0.571. The Kier molecular flexibility index (Phi) is 5.92. The van der Waals surface area contributed by atoms with Crippen LogP contribution in [0.4, 0.5) is 5.82 Å². The molecule has 0 amide bonds. The van der Waals surface area contributed by atoms with Gasteiger partial charge in [0.15, 0.2) is 0 Å². The lowest BCUT2D eigenvalue weighted by molar-refractivity contribution is 0.463. The molecule has 0 N–H and O–H groups in total.